The molecule has 0 spiro atoms. The molecule has 0 aliphatic rings. The molecule has 1 rings (SSSR count). The molecule has 0 amide bonds. The maximum Gasteiger partial charge on any atom is 0.304 e. The van der Waals surface area contributed by atoms with Crippen LogP contribution in [0, 0.1) is 0 Å². The Balaban J connectivity index is 2.43. The number of carbonyl (C=O) groups is 1. The molecular formula is C11H16BrNO2S. The van der Waals surface area contributed by atoms with Gasteiger partial charge in [-0.3, -0.25) is 4.79 Å². The van der Waals surface area contributed by atoms with Crippen molar-refractivity contribution in [2.45, 2.75) is 25.7 Å². The standard InChI is InChI=1S/C11H16BrNO2S/c1-11(2,7-13-6-5-10(14)15)8-3-4-9(12)16-8/h3-4,13H,5-7H2,1-2H3,(H,14,15). The first-order valence-electron chi connectivity index (χ1n) is 5.10. The van der Waals surface area contributed by atoms with E-state index in [1.807, 2.05) is 6.07 Å². The molecule has 0 radical (unpaired) electrons. The highest BCUT2D eigenvalue weighted by atomic mass is 79.9. The van der Waals surface area contributed by atoms with E-state index in [0.717, 1.165) is 10.3 Å². The monoisotopic (exact) mass is 305 g/mol. The van der Waals surface area contributed by atoms with Crippen LogP contribution in [0.1, 0.15) is 25.1 Å². The van der Waals surface area contributed by atoms with Crippen LogP contribution in [-0.4, -0.2) is 24.2 Å². The summed E-state index contributed by atoms with van der Waals surface area (Å²) in [6.45, 7) is 5.61. The summed E-state index contributed by atoms with van der Waals surface area (Å²) >= 11 is 5.17. The third-order valence-electron chi connectivity index (χ3n) is 2.32. The summed E-state index contributed by atoms with van der Waals surface area (Å²) in [6.07, 6.45) is 0.171. The SMILES string of the molecule is CC(C)(CNCCC(=O)O)c1ccc(Br)s1. The van der Waals surface area contributed by atoms with Crippen LogP contribution in [0.2, 0.25) is 0 Å². The van der Waals surface area contributed by atoms with E-state index in [4.69, 9.17) is 5.11 Å². The average Bonchev–Trinajstić information content (AvgIpc) is 2.60. The number of hydrogen-bond donors (Lipinski definition) is 2. The van der Waals surface area contributed by atoms with Gasteiger partial charge in [-0.1, -0.05) is 13.8 Å². The van der Waals surface area contributed by atoms with E-state index >= 15 is 0 Å². The number of nitrogens with one attached hydrogen (secondary N) is 1. The average molecular weight is 306 g/mol. The zero-order valence-electron chi connectivity index (χ0n) is 9.42. The van der Waals surface area contributed by atoms with Crippen LogP contribution >= 0.6 is 27.3 Å². The Morgan fingerprint density at radius 3 is 2.75 bits per heavy atom. The highest BCUT2D eigenvalue weighted by Gasteiger charge is 2.21. The van der Waals surface area contributed by atoms with E-state index in [1.54, 1.807) is 11.3 Å². The number of rotatable bonds is 6. The maximum absolute atomic E-state index is 10.4. The van der Waals surface area contributed by atoms with E-state index < -0.39 is 5.97 Å². The van der Waals surface area contributed by atoms with E-state index in [9.17, 15) is 4.79 Å². The minimum absolute atomic E-state index is 0.0369. The molecule has 1 heterocycles. The van der Waals surface area contributed by atoms with Gasteiger partial charge in [-0.15, -0.1) is 11.3 Å². The zero-order valence-corrected chi connectivity index (χ0v) is 11.8. The van der Waals surface area contributed by atoms with E-state index in [0.29, 0.717) is 6.54 Å². The number of thiophene rings is 1. The Kier molecular flexibility index (Phi) is 4.95. The molecule has 0 aliphatic heterocycles. The molecule has 5 heteroatoms. The molecule has 1 aromatic heterocycles. The van der Waals surface area contributed by atoms with Gasteiger partial charge in [-0.25, -0.2) is 0 Å². The fourth-order valence-corrected chi connectivity index (χ4v) is 2.85. The van der Waals surface area contributed by atoms with Crippen molar-refractivity contribution in [2.24, 2.45) is 0 Å². The first-order valence-corrected chi connectivity index (χ1v) is 6.71. The Hall–Kier alpha value is -0.390. The van der Waals surface area contributed by atoms with E-state index in [1.165, 1.54) is 4.88 Å². The third-order valence-corrected chi connectivity index (χ3v) is 4.31. The van der Waals surface area contributed by atoms with Crippen molar-refractivity contribution in [3.63, 3.8) is 0 Å². The van der Waals surface area contributed by atoms with Crippen LogP contribution in [0.3, 0.4) is 0 Å². The van der Waals surface area contributed by atoms with Gasteiger partial charge in [0.2, 0.25) is 0 Å². The van der Waals surface area contributed by atoms with Crippen LogP contribution in [0.25, 0.3) is 0 Å². The Morgan fingerprint density at radius 1 is 1.56 bits per heavy atom. The van der Waals surface area contributed by atoms with Crippen LogP contribution in [-0.2, 0) is 10.2 Å². The molecular weight excluding hydrogens is 290 g/mol. The van der Waals surface area contributed by atoms with Crippen molar-refractivity contribution in [1.82, 2.24) is 5.32 Å². The number of aliphatic carboxylic acids is 1. The van der Waals surface area contributed by atoms with Crippen LogP contribution < -0.4 is 5.32 Å². The van der Waals surface area contributed by atoms with Crippen molar-refractivity contribution in [3.8, 4) is 0 Å². The fraction of sp³-hybridized carbons (Fsp3) is 0.545. The molecule has 0 bridgehead atoms. The smallest absolute Gasteiger partial charge is 0.304 e. The lowest BCUT2D eigenvalue weighted by atomic mass is 9.91. The van der Waals surface area contributed by atoms with Gasteiger partial charge in [0.15, 0.2) is 0 Å². The normalized spacial score (nSPS) is 11.7. The first kappa shape index (κ1) is 13.7. The molecule has 90 valence electrons. The van der Waals surface area contributed by atoms with Crippen molar-refractivity contribution in [3.05, 3.63) is 20.8 Å². The van der Waals surface area contributed by atoms with Gasteiger partial charge in [0, 0.05) is 23.4 Å². The molecule has 0 saturated carbocycles. The topological polar surface area (TPSA) is 49.3 Å². The predicted molar refractivity (Wildman–Crippen MR) is 70.2 cm³/mol. The summed E-state index contributed by atoms with van der Waals surface area (Å²) in [5, 5.41) is 11.7. The number of carboxylic acid groups (broad SMARTS) is 1. The van der Waals surface area contributed by atoms with Gasteiger partial charge in [-0.05, 0) is 28.1 Å². The number of hydrogen-bond acceptors (Lipinski definition) is 3. The molecule has 16 heavy (non-hydrogen) atoms. The predicted octanol–water partition coefficient (Wildman–Crippen LogP) is 2.85. The second-order valence-electron chi connectivity index (χ2n) is 4.31. The van der Waals surface area contributed by atoms with Crippen molar-refractivity contribution in [1.29, 1.82) is 0 Å². The Labute approximate surface area is 108 Å². The molecule has 0 fully saturated rings. The molecule has 0 saturated heterocycles. The third kappa shape index (κ3) is 4.23. The second-order valence-corrected chi connectivity index (χ2v) is 6.77. The van der Waals surface area contributed by atoms with Crippen molar-refractivity contribution < 1.29 is 9.90 Å². The minimum Gasteiger partial charge on any atom is -0.481 e. The van der Waals surface area contributed by atoms with Gasteiger partial charge in [-0.2, -0.15) is 0 Å². The lowest BCUT2D eigenvalue weighted by molar-refractivity contribution is -0.136. The number of halogens is 1. The molecule has 3 nitrogen and oxygen atoms in total. The van der Waals surface area contributed by atoms with Gasteiger partial charge in [0.1, 0.15) is 0 Å². The van der Waals surface area contributed by atoms with E-state index in [2.05, 4.69) is 41.2 Å². The highest BCUT2D eigenvalue weighted by Crippen LogP contribution is 2.32. The van der Waals surface area contributed by atoms with Crippen LogP contribution in [0.15, 0.2) is 15.9 Å². The molecule has 0 atom stereocenters. The summed E-state index contributed by atoms with van der Waals surface area (Å²) in [6, 6.07) is 4.15. The largest absolute Gasteiger partial charge is 0.481 e. The van der Waals surface area contributed by atoms with Crippen LogP contribution in [0.5, 0.6) is 0 Å². The fourth-order valence-electron chi connectivity index (χ4n) is 1.36. The van der Waals surface area contributed by atoms with Crippen molar-refractivity contribution in [2.75, 3.05) is 13.1 Å². The lowest BCUT2D eigenvalue weighted by Gasteiger charge is -2.23. The van der Waals surface area contributed by atoms with Gasteiger partial charge >= 0.3 is 5.97 Å². The summed E-state index contributed by atoms with van der Waals surface area (Å²) in [5.74, 6) is -0.760. The van der Waals surface area contributed by atoms with Gasteiger partial charge in [0.05, 0.1) is 10.2 Å². The summed E-state index contributed by atoms with van der Waals surface area (Å²) < 4.78 is 1.13. The lowest BCUT2D eigenvalue weighted by Crippen LogP contribution is -2.33. The van der Waals surface area contributed by atoms with Crippen molar-refractivity contribution >= 4 is 33.2 Å². The molecule has 0 aromatic carbocycles. The quantitative estimate of drug-likeness (QED) is 0.795. The van der Waals surface area contributed by atoms with Gasteiger partial charge < -0.3 is 10.4 Å². The maximum atomic E-state index is 10.4. The minimum atomic E-state index is -0.760. The first-order chi connectivity index (χ1) is 7.42. The molecule has 0 unspecified atom stereocenters. The molecule has 2 N–H and O–H groups in total. The summed E-state index contributed by atoms with van der Waals surface area (Å²) in [5.41, 5.74) is 0.0369. The molecule has 0 aliphatic carbocycles. The van der Waals surface area contributed by atoms with Crippen LogP contribution in [0.4, 0.5) is 0 Å². The highest BCUT2D eigenvalue weighted by molar-refractivity contribution is 9.11. The zero-order chi connectivity index (χ0) is 12.2. The molecule has 1 aromatic rings. The second kappa shape index (κ2) is 5.80. The Morgan fingerprint density at radius 2 is 2.25 bits per heavy atom. The summed E-state index contributed by atoms with van der Waals surface area (Å²) in [7, 11) is 0. The summed E-state index contributed by atoms with van der Waals surface area (Å²) in [4.78, 5) is 11.6. The number of carboxylic acids is 1. The van der Waals surface area contributed by atoms with Gasteiger partial charge in [0.25, 0.3) is 0 Å². The Bertz CT molecular complexity index is 363. The van der Waals surface area contributed by atoms with E-state index in [-0.39, 0.29) is 11.8 Å².